The first-order valence-corrected chi connectivity index (χ1v) is 2.87. The molecule has 1 saturated heterocycles. The van der Waals surface area contributed by atoms with Gasteiger partial charge >= 0.3 is 0 Å². The highest BCUT2D eigenvalue weighted by atomic mass is 79.9. The Hall–Kier alpha value is 0.880. The Balaban J connectivity index is 0.000000320. The zero-order valence-electron chi connectivity index (χ0n) is 5.14. The Morgan fingerprint density at radius 2 is 1.33 bits per heavy atom. The van der Waals surface area contributed by atoms with Gasteiger partial charge in [0.1, 0.15) is 0 Å². The molecule has 1 saturated carbocycles. The molecule has 1 spiro atoms. The fraction of sp³-hybridized carbons (Fsp3) is 1.00. The lowest BCUT2D eigenvalue weighted by Crippen LogP contribution is -2.21. The predicted molar refractivity (Wildman–Crippen MR) is 48.3 cm³/mol. The Labute approximate surface area is 76.3 Å². The maximum atomic E-state index is 3.12. The van der Waals surface area contributed by atoms with E-state index in [4.69, 9.17) is 0 Å². The lowest BCUT2D eigenvalue weighted by Gasteiger charge is -1.95. The summed E-state index contributed by atoms with van der Waals surface area (Å²) >= 11 is 0. The molecule has 0 aromatic heterocycles. The largest absolute Gasteiger partial charge is 0.257 e. The van der Waals surface area contributed by atoms with E-state index in [-0.39, 0.29) is 34.0 Å². The second-order valence-corrected chi connectivity index (χ2v) is 2.71. The summed E-state index contributed by atoms with van der Waals surface area (Å²) in [6.07, 6.45) is 2.88. The van der Waals surface area contributed by atoms with Gasteiger partial charge in [-0.05, 0) is 18.3 Å². The molecule has 0 aromatic rings. The summed E-state index contributed by atoms with van der Waals surface area (Å²) in [6.45, 7) is 2.40. The minimum absolute atomic E-state index is 0. The van der Waals surface area contributed by atoms with E-state index in [1.54, 1.807) is 0 Å². The monoisotopic (exact) mass is 258 g/mol. The highest BCUT2D eigenvalue weighted by Gasteiger charge is 2.44. The van der Waals surface area contributed by atoms with Crippen molar-refractivity contribution in [2.45, 2.75) is 12.8 Å². The summed E-state index contributed by atoms with van der Waals surface area (Å²) < 4.78 is 0. The Kier molecular flexibility index (Phi) is 3.65. The Morgan fingerprint density at radius 3 is 1.56 bits per heavy atom. The van der Waals surface area contributed by atoms with E-state index in [9.17, 15) is 0 Å². The van der Waals surface area contributed by atoms with E-state index < -0.39 is 0 Å². The van der Waals surface area contributed by atoms with Crippen molar-refractivity contribution in [3.05, 3.63) is 0 Å². The number of nitrogens with one attached hydrogen (secondary N) is 2. The third kappa shape index (κ3) is 1.90. The average Bonchev–Trinajstić information content (AvgIpc) is 2.15. The van der Waals surface area contributed by atoms with E-state index in [2.05, 4.69) is 10.9 Å². The molecule has 0 aromatic carbocycles. The molecule has 2 nitrogen and oxygen atoms in total. The zero-order chi connectivity index (χ0) is 4.74. The third-order valence-electron chi connectivity index (χ3n) is 2.01. The van der Waals surface area contributed by atoms with Gasteiger partial charge < -0.3 is 0 Å². The van der Waals surface area contributed by atoms with Crippen molar-refractivity contribution in [3.8, 4) is 0 Å². The Morgan fingerprint density at radius 1 is 0.889 bits per heavy atom. The van der Waals surface area contributed by atoms with E-state index in [0.29, 0.717) is 0 Å². The number of hydrogen-bond donors (Lipinski definition) is 2. The zero-order valence-corrected chi connectivity index (χ0v) is 8.57. The van der Waals surface area contributed by atoms with Crippen molar-refractivity contribution in [2.24, 2.45) is 5.41 Å². The molecule has 1 heterocycles. The predicted octanol–water partition coefficient (Wildman–Crippen LogP) is 1.03. The number of hydrazine groups is 1. The van der Waals surface area contributed by atoms with Gasteiger partial charge in [0.25, 0.3) is 0 Å². The van der Waals surface area contributed by atoms with Gasteiger partial charge in [-0.25, -0.2) is 0 Å². The molecule has 2 rings (SSSR count). The molecule has 2 fully saturated rings. The van der Waals surface area contributed by atoms with Crippen LogP contribution in [0.3, 0.4) is 0 Å². The Bertz CT molecular complexity index is 85.0. The second kappa shape index (κ2) is 3.32. The molecule has 0 unspecified atom stereocenters. The van der Waals surface area contributed by atoms with Gasteiger partial charge in [-0.3, -0.25) is 10.9 Å². The summed E-state index contributed by atoms with van der Waals surface area (Å²) in [7, 11) is 0. The van der Waals surface area contributed by atoms with Crippen molar-refractivity contribution in [2.75, 3.05) is 13.1 Å². The summed E-state index contributed by atoms with van der Waals surface area (Å²) in [4.78, 5) is 0. The molecule has 1 aliphatic carbocycles. The standard InChI is InChI=1S/C5H10N2.2BrH/c1-2-5(1)3-6-7-4-5;;/h6-7H,1-4H2;2*1H. The fourth-order valence-electron chi connectivity index (χ4n) is 1.09. The highest BCUT2D eigenvalue weighted by molar-refractivity contribution is 8.93. The molecule has 9 heavy (non-hydrogen) atoms. The molecular weight excluding hydrogens is 248 g/mol. The fourth-order valence-corrected chi connectivity index (χ4v) is 1.09. The molecule has 0 bridgehead atoms. The van der Waals surface area contributed by atoms with Crippen LogP contribution in [0.25, 0.3) is 0 Å². The van der Waals surface area contributed by atoms with Gasteiger partial charge in [0.2, 0.25) is 0 Å². The lowest BCUT2D eigenvalue weighted by molar-refractivity contribution is 0.606. The average molecular weight is 260 g/mol. The third-order valence-corrected chi connectivity index (χ3v) is 2.01. The summed E-state index contributed by atoms with van der Waals surface area (Å²) in [5.41, 5.74) is 6.97. The van der Waals surface area contributed by atoms with Gasteiger partial charge in [0.15, 0.2) is 0 Å². The van der Waals surface area contributed by atoms with Crippen LogP contribution in [-0.4, -0.2) is 13.1 Å². The van der Waals surface area contributed by atoms with Crippen LogP contribution in [0, 0.1) is 5.41 Å². The van der Waals surface area contributed by atoms with E-state index in [1.807, 2.05) is 0 Å². The van der Waals surface area contributed by atoms with Crippen molar-refractivity contribution < 1.29 is 0 Å². The number of halogens is 2. The minimum atomic E-state index is 0. The lowest BCUT2D eigenvalue weighted by atomic mass is 10.1. The van der Waals surface area contributed by atoms with Crippen molar-refractivity contribution in [1.29, 1.82) is 0 Å². The molecule has 4 heteroatoms. The van der Waals surface area contributed by atoms with Crippen LogP contribution in [0.15, 0.2) is 0 Å². The van der Waals surface area contributed by atoms with E-state index in [0.717, 1.165) is 5.41 Å². The molecule has 0 atom stereocenters. The molecule has 56 valence electrons. The van der Waals surface area contributed by atoms with Crippen LogP contribution in [0.1, 0.15) is 12.8 Å². The first kappa shape index (κ1) is 9.88. The topological polar surface area (TPSA) is 24.1 Å². The molecule has 0 radical (unpaired) electrons. The normalized spacial score (nSPS) is 26.7. The summed E-state index contributed by atoms with van der Waals surface area (Å²) in [6, 6.07) is 0. The van der Waals surface area contributed by atoms with Gasteiger partial charge in [0.05, 0.1) is 0 Å². The van der Waals surface area contributed by atoms with Gasteiger partial charge in [0, 0.05) is 13.1 Å². The van der Waals surface area contributed by atoms with Crippen LogP contribution in [-0.2, 0) is 0 Å². The van der Waals surface area contributed by atoms with Crippen LogP contribution < -0.4 is 10.9 Å². The number of hydrogen-bond acceptors (Lipinski definition) is 2. The first-order valence-electron chi connectivity index (χ1n) is 2.87. The number of rotatable bonds is 0. The quantitative estimate of drug-likeness (QED) is 0.679. The maximum Gasteiger partial charge on any atom is 0.0169 e. The summed E-state index contributed by atoms with van der Waals surface area (Å²) in [5, 5.41) is 0. The van der Waals surface area contributed by atoms with Gasteiger partial charge in [-0.2, -0.15) is 0 Å². The minimum Gasteiger partial charge on any atom is -0.257 e. The van der Waals surface area contributed by atoms with Crippen molar-refractivity contribution in [3.63, 3.8) is 0 Å². The summed E-state index contributed by atoms with van der Waals surface area (Å²) in [5.74, 6) is 0. The van der Waals surface area contributed by atoms with Crippen LogP contribution in [0.5, 0.6) is 0 Å². The van der Waals surface area contributed by atoms with E-state index in [1.165, 1.54) is 25.9 Å². The van der Waals surface area contributed by atoms with E-state index >= 15 is 0 Å². The molecule has 2 N–H and O–H groups in total. The molecular formula is C5H12Br2N2. The van der Waals surface area contributed by atoms with Crippen LogP contribution in [0.2, 0.25) is 0 Å². The maximum absolute atomic E-state index is 3.12. The molecule has 1 aliphatic heterocycles. The van der Waals surface area contributed by atoms with Crippen molar-refractivity contribution in [1.82, 2.24) is 10.9 Å². The molecule has 2 aliphatic rings. The second-order valence-electron chi connectivity index (χ2n) is 2.71. The SMILES string of the molecule is Br.Br.C1CC12CNNC2. The van der Waals surface area contributed by atoms with Crippen LogP contribution >= 0.6 is 34.0 Å². The first-order chi connectivity index (χ1) is 3.41. The smallest absolute Gasteiger partial charge is 0.0169 e. The van der Waals surface area contributed by atoms with Gasteiger partial charge in [-0.15, -0.1) is 34.0 Å². The molecule has 0 amide bonds. The highest BCUT2D eigenvalue weighted by Crippen LogP contribution is 2.45. The van der Waals surface area contributed by atoms with Crippen molar-refractivity contribution >= 4 is 34.0 Å². The van der Waals surface area contributed by atoms with Gasteiger partial charge in [-0.1, -0.05) is 0 Å². The van der Waals surface area contributed by atoms with Crippen LogP contribution in [0.4, 0.5) is 0 Å².